The summed E-state index contributed by atoms with van der Waals surface area (Å²) in [4.78, 5) is 21.7. The number of para-hydroxylation sites is 1. The van der Waals surface area contributed by atoms with Crippen molar-refractivity contribution in [3.8, 4) is 0 Å². The first-order valence-electron chi connectivity index (χ1n) is 9.47. The molecule has 1 unspecified atom stereocenters. The van der Waals surface area contributed by atoms with Gasteiger partial charge in [-0.05, 0) is 51.3 Å². The highest BCUT2D eigenvalue weighted by Gasteiger charge is 2.42. The molecular formula is C21H27N3O. The van der Waals surface area contributed by atoms with Gasteiger partial charge >= 0.3 is 0 Å². The molecular weight excluding hydrogens is 310 g/mol. The molecule has 0 saturated carbocycles. The van der Waals surface area contributed by atoms with E-state index in [0.29, 0.717) is 18.4 Å². The third-order valence-electron chi connectivity index (χ3n) is 5.89. The second-order valence-corrected chi connectivity index (χ2v) is 8.00. The van der Waals surface area contributed by atoms with Gasteiger partial charge in [0.15, 0.2) is 0 Å². The minimum absolute atomic E-state index is 0.226. The van der Waals surface area contributed by atoms with Gasteiger partial charge in [0.2, 0.25) is 5.91 Å². The lowest BCUT2D eigenvalue weighted by Crippen LogP contribution is -2.55. The fourth-order valence-electron chi connectivity index (χ4n) is 4.48. The summed E-state index contributed by atoms with van der Waals surface area (Å²) in [7, 11) is 0. The van der Waals surface area contributed by atoms with Crippen LogP contribution in [-0.4, -0.2) is 41.5 Å². The van der Waals surface area contributed by atoms with E-state index in [1.54, 1.807) is 0 Å². The van der Waals surface area contributed by atoms with Crippen molar-refractivity contribution in [2.24, 2.45) is 5.41 Å². The average Bonchev–Trinajstić information content (AvgIpc) is 2.63. The van der Waals surface area contributed by atoms with E-state index >= 15 is 0 Å². The molecule has 25 heavy (non-hydrogen) atoms. The van der Waals surface area contributed by atoms with Gasteiger partial charge in [0, 0.05) is 42.9 Å². The molecule has 0 radical (unpaired) electrons. The third kappa shape index (κ3) is 3.10. The molecule has 1 spiro atoms. The Morgan fingerprint density at radius 1 is 1.08 bits per heavy atom. The largest absolute Gasteiger partial charge is 0.356 e. The molecule has 3 heterocycles. The van der Waals surface area contributed by atoms with Crippen molar-refractivity contribution < 1.29 is 4.79 Å². The lowest BCUT2D eigenvalue weighted by Gasteiger charge is -2.49. The zero-order valence-electron chi connectivity index (χ0n) is 15.2. The Bertz CT molecular complexity index is 788. The first-order chi connectivity index (χ1) is 12.1. The topological polar surface area (TPSA) is 36.4 Å². The molecule has 132 valence electrons. The van der Waals surface area contributed by atoms with E-state index in [0.717, 1.165) is 37.4 Å². The number of anilines is 1. The smallest absolute Gasteiger partial charge is 0.222 e. The molecule has 4 heteroatoms. The second-order valence-electron chi connectivity index (χ2n) is 8.00. The molecule has 1 aromatic carbocycles. The molecule has 1 aromatic heterocycles. The van der Waals surface area contributed by atoms with Gasteiger partial charge in [0.05, 0.1) is 5.52 Å². The summed E-state index contributed by atoms with van der Waals surface area (Å²) in [5.74, 6) is 1.40. The number of benzene rings is 1. The van der Waals surface area contributed by atoms with E-state index < -0.39 is 0 Å². The van der Waals surface area contributed by atoms with Crippen LogP contribution < -0.4 is 4.90 Å². The molecule has 2 saturated heterocycles. The molecule has 2 aliphatic rings. The van der Waals surface area contributed by atoms with Crippen molar-refractivity contribution >= 4 is 22.6 Å². The van der Waals surface area contributed by atoms with Gasteiger partial charge in [0.25, 0.3) is 0 Å². The molecule has 2 fully saturated rings. The van der Waals surface area contributed by atoms with Crippen molar-refractivity contribution in [2.45, 2.75) is 45.6 Å². The van der Waals surface area contributed by atoms with E-state index in [2.05, 4.69) is 54.0 Å². The number of carbonyl (C=O) groups is 1. The third-order valence-corrected chi connectivity index (χ3v) is 5.89. The Labute approximate surface area is 149 Å². The quantitative estimate of drug-likeness (QED) is 0.835. The van der Waals surface area contributed by atoms with E-state index in [4.69, 9.17) is 4.98 Å². The lowest BCUT2D eigenvalue weighted by atomic mass is 9.73. The van der Waals surface area contributed by atoms with Gasteiger partial charge in [-0.1, -0.05) is 18.2 Å². The number of hydrogen-bond donors (Lipinski definition) is 0. The van der Waals surface area contributed by atoms with Gasteiger partial charge in [-0.15, -0.1) is 0 Å². The minimum atomic E-state index is 0.226. The Kier molecular flexibility index (Phi) is 4.14. The second kappa shape index (κ2) is 6.32. The van der Waals surface area contributed by atoms with Gasteiger partial charge in [-0.25, -0.2) is 4.98 Å². The Morgan fingerprint density at radius 3 is 2.76 bits per heavy atom. The van der Waals surface area contributed by atoms with Crippen molar-refractivity contribution in [2.75, 3.05) is 24.5 Å². The van der Waals surface area contributed by atoms with Crippen molar-refractivity contribution in [3.63, 3.8) is 0 Å². The summed E-state index contributed by atoms with van der Waals surface area (Å²) in [6.07, 6.45) is 4.10. The summed E-state index contributed by atoms with van der Waals surface area (Å²) in [6, 6.07) is 12.9. The molecule has 1 atom stereocenters. The van der Waals surface area contributed by atoms with Crippen molar-refractivity contribution in [1.29, 1.82) is 0 Å². The maximum Gasteiger partial charge on any atom is 0.222 e. The number of hydrogen-bond acceptors (Lipinski definition) is 3. The highest BCUT2D eigenvalue weighted by molar-refractivity contribution is 5.80. The van der Waals surface area contributed by atoms with Crippen molar-refractivity contribution in [3.05, 3.63) is 36.4 Å². The lowest BCUT2D eigenvalue weighted by molar-refractivity contribution is -0.140. The maximum atomic E-state index is 12.3. The van der Waals surface area contributed by atoms with Gasteiger partial charge in [-0.2, -0.15) is 0 Å². The Balaban J connectivity index is 1.58. The monoisotopic (exact) mass is 337 g/mol. The van der Waals surface area contributed by atoms with Crippen molar-refractivity contribution in [1.82, 2.24) is 9.88 Å². The molecule has 2 aromatic rings. The summed E-state index contributed by atoms with van der Waals surface area (Å²) >= 11 is 0. The van der Waals surface area contributed by atoms with E-state index in [9.17, 15) is 4.79 Å². The Hall–Kier alpha value is -2.10. The molecule has 2 aliphatic heterocycles. The number of nitrogens with zero attached hydrogens (tertiary/aromatic N) is 3. The van der Waals surface area contributed by atoms with E-state index in [1.165, 1.54) is 18.2 Å². The molecule has 0 aliphatic carbocycles. The highest BCUT2D eigenvalue weighted by atomic mass is 16.2. The predicted molar refractivity (Wildman–Crippen MR) is 102 cm³/mol. The fourth-order valence-corrected chi connectivity index (χ4v) is 4.48. The summed E-state index contributed by atoms with van der Waals surface area (Å²) < 4.78 is 0. The number of amides is 1. The number of aromatic nitrogens is 1. The summed E-state index contributed by atoms with van der Waals surface area (Å²) in [5, 5.41) is 1.19. The zero-order chi connectivity index (χ0) is 17.4. The first kappa shape index (κ1) is 16.4. The van der Waals surface area contributed by atoms with Gasteiger partial charge in [-0.3, -0.25) is 4.79 Å². The van der Waals surface area contributed by atoms with Crippen LogP contribution in [0, 0.1) is 5.41 Å². The van der Waals surface area contributed by atoms with Gasteiger partial charge in [0.1, 0.15) is 5.82 Å². The average molecular weight is 337 g/mol. The highest BCUT2D eigenvalue weighted by Crippen LogP contribution is 2.40. The van der Waals surface area contributed by atoms with Crippen LogP contribution >= 0.6 is 0 Å². The molecule has 0 bridgehead atoms. The Morgan fingerprint density at radius 2 is 1.92 bits per heavy atom. The molecule has 4 rings (SSSR count). The number of rotatable bonds is 2. The minimum Gasteiger partial charge on any atom is -0.356 e. The summed E-state index contributed by atoms with van der Waals surface area (Å²) in [6.45, 7) is 7.22. The van der Waals surface area contributed by atoms with Crippen LogP contribution in [0.3, 0.4) is 0 Å². The molecule has 4 nitrogen and oxygen atoms in total. The predicted octanol–water partition coefficient (Wildman–Crippen LogP) is 3.85. The fraction of sp³-hybridized carbons (Fsp3) is 0.524. The van der Waals surface area contributed by atoms with E-state index in [-0.39, 0.29) is 5.41 Å². The zero-order valence-corrected chi connectivity index (χ0v) is 15.2. The maximum absolute atomic E-state index is 12.3. The SMILES string of the molecule is CC(C)N1CC2(CCCN(c3ccc4ccccc4n3)C2)CCC1=O. The number of piperidine rings is 2. The first-order valence-corrected chi connectivity index (χ1v) is 9.47. The normalized spacial score (nSPS) is 24.5. The number of pyridine rings is 1. The van der Waals surface area contributed by atoms with Crippen LogP contribution in [0.15, 0.2) is 36.4 Å². The number of carbonyl (C=O) groups excluding carboxylic acids is 1. The van der Waals surface area contributed by atoms with E-state index in [1.807, 2.05) is 6.07 Å². The summed E-state index contributed by atoms with van der Waals surface area (Å²) in [5.41, 5.74) is 1.28. The van der Waals surface area contributed by atoms with Gasteiger partial charge < -0.3 is 9.80 Å². The van der Waals surface area contributed by atoms with Crippen LogP contribution in [-0.2, 0) is 4.79 Å². The van der Waals surface area contributed by atoms with Crippen LogP contribution in [0.2, 0.25) is 0 Å². The standard InChI is InChI=1S/C21H27N3O/c1-16(2)24-15-21(12-10-20(24)25)11-5-13-23(14-21)19-9-8-17-6-3-4-7-18(17)22-19/h3-4,6-9,16H,5,10-15H2,1-2H3. The molecule has 1 amide bonds. The van der Waals surface area contributed by atoms with Crippen LogP contribution in [0.5, 0.6) is 0 Å². The number of likely N-dealkylation sites (tertiary alicyclic amines) is 1. The van der Waals surface area contributed by atoms with Crippen LogP contribution in [0.25, 0.3) is 10.9 Å². The van der Waals surface area contributed by atoms with Crippen LogP contribution in [0.4, 0.5) is 5.82 Å². The molecule has 0 N–H and O–H groups in total. The number of fused-ring (bicyclic) bond motifs is 1. The van der Waals surface area contributed by atoms with Crippen LogP contribution in [0.1, 0.15) is 39.5 Å².